The lowest BCUT2D eigenvalue weighted by molar-refractivity contribution is -0.385. The minimum absolute atomic E-state index is 0.0672. The minimum Gasteiger partial charge on any atom is -0.493 e. The first-order chi connectivity index (χ1) is 15.8. The summed E-state index contributed by atoms with van der Waals surface area (Å²) >= 11 is 1.29. The van der Waals surface area contributed by atoms with Gasteiger partial charge in [0.1, 0.15) is 5.56 Å². The van der Waals surface area contributed by atoms with Crippen molar-refractivity contribution in [1.29, 1.82) is 0 Å². The summed E-state index contributed by atoms with van der Waals surface area (Å²) in [5.41, 5.74) is 0.0686. The van der Waals surface area contributed by atoms with E-state index in [0.717, 1.165) is 54.8 Å². The van der Waals surface area contributed by atoms with Gasteiger partial charge < -0.3 is 9.47 Å². The summed E-state index contributed by atoms with van der Waals surface area (Å²) in [7, 11) is 1.19. The normalized spacial score (nSPS) is 27.6. The minimum atomic E-state index is -3.20. The zero-order valence-electron chi connectivity index (χ0n) is 17.9. The van der Waals surface area contributed by atoms with Crippen molar-refractivity contribution in [2.45, 2.75) is 50.6 Å². The highest BCUT2D eigenvalue weighted by Crippen LogP contribution is 2.60. The highest BCUT2D eigenvalue weighted by Gasteiger charge is 2.52. The molecule has 33 heavy (non-hydrogen) atoms. The van der Waals surface area contributed by atoms with Gasteiger partial charge in [-0.1, -0.05) is 0 Å². The summed E-state index contributed by atoms with van der Waals surface area (Å²) in [5, 5.41) is 16.5. The molecule has 0 atom stereocenters. The second-order valence-electron chi connectivity index (χ2n) is 9.35. The predicted molar refractivity (Wildman–Crippen MR) is 116 cm³/mol. The number of ether oxygens (including phenoxy) is 2. The van der Waals surface area contributed by atoms with Crippen LogP contribution in [-0.4, -0.2) is 29.5 Å². The van der Waals surface area contributed by atoms with E-state index in [2.05, 4.69) is 10.1 Å². The summed E-state index contributed by atoms with van der Waals surface area (Å²) in [6.07, 6.45) is 7.32. The van der Waals surface area contributed by atoms with E-state index in [0.29, 0.717) is 5.13 Å². The van der Waals surface area contributed by atoms with Crippen LogP contribution in [-0.2, 0) is 5.41 Å². The predicted octanol–water partition coefficient (Wildman–Crippen LogP) is 5.38. The summed E-state index contributed by atoms with van der Waals surface area (Å²) in [4.78, 5) is 28.3. The Kier molecular flexibility index (Phi) is 5.46. The summed E-state index contributed by atoms with van der Waals surface area (Å²) in [5.74, 6) is 0.754. The van der Waals surface area contributed by atoms with Crippen LogP contribution in [0.4, 0.5) is 19.6 Å². The Bertz CT molecular complexity index is 1070. The number of anilines is 1. The smallest absolute Gasteiger partial charge is 0.387 e. The van der Waals surface area contributed by atoms with Crippen LogP contribution >= 0.6 is 11.3 Å². The molecule has 4 aliphatic rings. The first kappa shape index (κ1) is 22.0. The van der Waals surface area contributed by atoms with Gasteiger partial charge in [0.25, 0.3) is 11.6 Å². The molecule has 0 spiro atoms. The number of thiazole rings is 1. The van der Waals surface area contributed by atoms with Crippen LogP contribution in [0.1, 0.15) is 54.6 Å². The second-order valence-corrected chi connectivity index (χ2v) is 10.2. The maximum absolute atomic E-state index is 12.9. The first-order valence-electron chi connectivity index (χ1n) is 10.8. The van der Waals surface area contributed by atoms with E-state index in [4.69, 9.17) is 9.72 Å². The average molecular weight is 480 g/mol. The Balaban J connectivity index is 1.39. The Labute approximate surface area is 192 Å². The number of nitro groups is 1. The molecule has 2 aromatic rings. The topological polar surface area (TPSA) is 104 Å². The van der Waals surface area contributed by atoms with E-state index in [1.807, 2.05) is 5.38 Å². The zero-order valence-corrected chi connectivity index (χ0v) is 18.7. The largest absolute Gasteiger partial charge is 0.493 e. The highest BCUT2D eigenvalue weighted by atomic mass is 32.1. The fraction of sp³-hybridized carbons (Fsp3) is 0.545. The number of hydrogen-bond acceptors (Lipinski definition) is 7. The lowest BCUT2D eigenvalue weighted by Crippen LogP contribution is -2.48. The van der Waals surface area contributed by atoms with Crippen molar-refractivity contribution < 1.29 is 28.0 Å². The molecule has 4 fully saturated rings. The van der Waals surface area contributed by atoms with Gasteiger partial charge in [0, 0.05) is 16.9 Å². The number of alkyl halides is 2. The Morgan fingerprint density at radius 1 is 1.21 bits per heavy atom. The number of benzene rings is 1. The molecule has 1 amide bonds. The molecule has 1 N–H and O–H groups in total. The quantitative estimate of drug-likeness (QED) is 0.422. The molecule has 6 rings (SSSR count). The number of aromatic nitrogens is 1. The third-order valence-electron chi connectivity index (χ3n) is 7.25. The second kappa shape index (κ2) is 8.19. The number of rotatable bonds is 7. The highest BCUT2D eigenvalue weighted by molar-refractivity contribution is 7.14. The van der Waals surface area contributed by atoms with E-state index < -0.39 is 28.9 Å². The maximum Gasteiger partial charge on any atom is 0.387 e. The first-order valence-corrected chi connectivity index (χ1v) is 11.7. The van der Waals surface area contributed by atoms with Crippen LogP contribution in [0.2, 0.25) is 0 Å². The number of nitrogens with one attached hydrogen (secondary N) is 1. The van der Waals surface area contributed by atoms with E-state index in [9.17, 15) is 23.7 Å². The lowest BCUT2D eigenvalue weighted by atomic mass is 9.49. The van der Waals surface area contributed by atoms with Gasteiger partial charge in [-0.15, -0.1) is 11.3 Å². The van der Waals surface area contributed by atoms with E-state index in [1.165, 1.54) is 37.7 Å². The fourth-order valence-corrected chi connectivity index (χ4v) is 7.22. The van der Waals surface area contributed by atoms with Gasteiger partial charge in [-0.3, -0.25) is 20.2 Å². The number of nitrogens with zero attached hydrogens (tertiary/aromatic N) is 2. The third kappa shape index (κ3) is 4.03. The van der Waals surface area contributed by atoms with Gasteiger partial charge in [-0.05, 0) is 56.3 Å². The molecular formula is C22H23F2N3O5S. The molecule has 4 bridgehead atoms. The van der Waals surface area contributed by atoms with Crippen molar-refractivity contribution in [3.8, 4) is 11.5 Å². The SMILES string of the molecule is COc1cc(C(=O)Nc2nc(C34CC5CC(CC(C5)C3)C4)cs2)c([N+](=O)[O-])cc1OC(F)F. The molecule has 1 heterocycles. The summed E-state index contributed by atoms with van der Waals surface area (Å²) in [6.45, 7) is -3.20. The van der Waals surface area contributed by atoms with Crippen molar-refractivity contribution in [2.24, 2.45) is 17.8 Å². The number of carbonyl (C=O) groups excluding carboxylic acids is 1. The molecule has 176 valence electrons. The molecule has 0 saturated heterocycles. The molecule has 0 unspecified atom stereocenters. The number of nitro benzene ring substituents is 1. The van der Waals surface area contributed by atoms with Gasteiger partial charge in [0.05, 0.1) is 23.8 Å². The van der Waals surface area contributed by atoms with Crippen LogP contribution in [0.25, 0.3) is 0 Å². The number of halogens is 2. The van der Waals surface area contributed by atoms with Crippen LogP contribution in [0, 0.1) is 27.9 Å². The maximum atomic E-state index is 12.9. The molecule has 8 nitrogen and oxygen atoms in total. The van der Waals surface area contributed by atoms with Gasteiger partial charge >= 0.3 is 6.61 Å². The molecule has 11 heteroatoms. The molecule has 4 saturated carbocycles. The van der Waals surface area contributed by atoms with Crippen LogP contribution < -0.4 is 14.8 Å². The van der Waals surface area contributed by atoms with Crippen molar-refractivity contribution in [3.63, 3.8) is 0 Å². The lowest BCUT2D eigenvalue weighted by Gasteiger charge is -2.56. The summed E-state index contributed by atoms with van der Waals surface area (Å²) in [6, 6.07) is 1.79. The number of hydrogen-bond donors (Lipinski definition) is 1. The monoisotopic (exact) mass is 479 g/mol. The van der Waals surface area contributed by atoms with Crippen molar-refractivity contribution in [2.75, 3.05) is 12.4 Å². The molecular weight excluding hydrogens is 456 g/mol. The van der Waals surface area contributed by atoms with Crippen LogP contribution in [0.15, 0.2) is 17.5 Å². The Hall–Kier alpha value is -2.82. The van der Waals surface area contributed by atoms with Crippen LogP contribution in [0.3, 0.4) is 0 Å². The molecule has 1 aromatic carbocycles. The average Bonchev–Trinajstić information content (AvgIpc) is 3.21. The van der Waals surface area contributed by atoms with Gasteiger partial charge in [-0.2, -0.15) is 8.78 Å². The zero-order chi connectivity index (χ0) is 23.3. The third-order valence-corrected chi connectivity index (χ3v) is 8.00. The van der Waals surface area contributed by atoms with Crippen molar-refractivity contribution >= 4 is 28.1 Å². The Morgan fingerprint density at radius 2 is 1.85 bits per heavy atom. The van der Waals surface area contributed by atoms with E-state index in [1.54, 1.807) is 0 Å². The van der Waals surface area contributed by atoms with Gasteiger partial charge in [0.15, 0.2) is 16.6 Å². The van der Waals surface area contributed by atoms with Gasteiger partial charge in [-0.25, -0.2) is 4.98 Å². The van der Waals surface area contributed by atoms with E-state index in [-0.39, 0.29) is 16.7 Å². The summed E-state index contributed by atoms with van der Waals surface area (Å²) < 4.78 is 34.6. The van der Waals surface area contributed by atoms with E-state index >= 15 is 0 Å². The van der Waals surface area contributed by atoms with Crippen LogP contribution in [0.5, 0.6) is 11.5 Å². The molecule has 4 aliphatic carbocycles. The molecule has 0 radical (unpaired) electrons. The Morgan fingerprint density at radius 3 is 2.39 bits per heavy atom. The van der Waals surface area contributed by atoms with Crippen molar-refractivity contribution in [3.05, 3.63) is 38.9 Å². The number of amides is 1. The van der Waals surface area contributed by atoms with Crippen molar-refractivity contribution in [1.82, 2.24) is 4.98 Å². The number of carbonyl (C=O) groups is 1. The van der Waals surface area contributed by atoms with Gasteiger partial charge in [0.2, 0.25) is 0 Å². The molecule has 1 aromatic heterocycles. The molecule has 0 aliphatic heterocycles. The number of methoxy groups -OCH3 is 1. The standard InChI is InChI=1S/C22H23F2N3O5S/c1-31-16-5-14(15(27(29)30)6-17(16)32-20(23)24)19(28)26-21-25-18(10-33-21)22-7-11-2-12(8-22)4-13(3-11)9-22/h5-6,10-13,20H,2-4,7-9H2,1H3,(H,25,26,28). The fourth-order valence-electron chi connectivity index (χ4n) is 6.39.